The summed E-state index contributed by atoms with van der Waals surface area (Å²) in [6, 6.07) is 16.0. The third-order valence-corrected chi connectivity index (χ3v) is 5.86. The van der Waals surface area contributed by atoms with Crippen LogP contribution in [-0.2, 0) is 9.59 Å². The summed E-state index contributed by atoms with van der Waals surface area (Å²) in [5, 5.41) is 11.5. The van der Waals surface area contributed by atoms with E-state index in [1.54, 1.807) is 24.3 Å². The highest BCUT2D eigenvalue weighted by atomic mass is 35.5. The first-order valence-corrected chi connectivity index (χ1v) is 10.1. The molecular formula is C24H16Cl2FNO3. The van der Waals surface area contributed by atoms with Gasteiger partial charge in [0.25, 0.3) is 11.7 Å². The van der Waals surface area contributed by atoms with E-state index < -0.39 is 29.3 Å². The SMILES string of the molecule is Cc1cccc(N2C(=O)C(=O)/C(=C(/O)c3ccc(Cl)c(Cl)c3)C2c2ccccc2F)c1. The van der Waals surface area contributed by atoms with E-state index in [1.807, 2.05) is 13.0 Å². The molecule has 1 unspecified atom stereocenters. The van der Waals surface area contributed by atoms with Crippen LogP contribution in [0.25, 0.3) is 5.76 Å². The lowest BCUT2D eigenvalue weighted by Gasteiger charge is -2.26. The Bertz CT molecular complexity index is 1260. The van der Waals surface area contributed by atoms with Gasteiger partial charge in [-0.1, -0.05) is 53.5 Å². The molecule has 3 aromatic carbocycles. The molecule has 4 rings (SSSR count). The van der Waals surface area contributed by atoms with Crippen LogP contribution >= 0.6 is 23.2 Å². The predicted octanol–water partition coefficient (Wildman–Crippen LogP) is 6.07. The number of halogens is 3. The minimum Gasteiger partial charge on any atom is -0.507 e. The number of aliphatic hydroxyl groups is 1. The second-order valence-electron chi connectivity index (χ2n) is 7.16. The highest BCUT2D eigenvalue weighted by Crippen LogP contribution is 2.43. The smallest absolute Gasteiger partial charge is 0.300 e. The largest absolute Gasteiger partial charge is 0.507 e. The van der Waals surface area contributed by atoms with Crippen molar-refractivity contribution >= 4 is 46.3 Å². The van der Waals surface area contributed by atoms with E-state index in [0.717, 1.165) is 5.56 Å². The van der Waals surface area contributed by atoms with Crippen LogP contribution in [0.1, 0.15) is 22.7 Å². The second kappa shape index (κ2) is 8.17. The van der Waals surface area contributed by atoms with Crippen LogP contribution in [0.2, 0.25) is 10.0 Å². The molecule has 0 bridgehead atoms. The number of benzene rings is 3. The fourth-order valence-corrected chi connectivity index (χ4v) is 3.96. The molecule has 1 atom stereocenters. The minimum absolute atomic E-state index is 0.0878. The maximum absolute atomic E-state index is 14.8. The van der Waals surface area contributed by atoms with Crippen LogP contribution in [0, 0.1) is 12.7 Å². The van der Waals surface area contributed by atoms with Gasteiger partial charge in [-0.25, -0.2) is 4.39 Å². The molecule has 1 fully saturated rings. The molecule has 0 saturated carbocycles. The zero-order chi connectivity index (χ0) is 22.3. The van der Waals surface area contributed by atoms with Gasteiger partial charge in [0.1, 0.15) is 11.6 Å². The van der Waals surface area contributed by atoms with Gasteiger partial charge in [0, 0.05) is 16.8 Å². The fourth-order valence-electron chi connectivity index (χ4n) is 3.67. The number of nitrogens with zero attached hydrogens (tertiary/aromatic N) is 1. The van der Waals surface area contributed by atoms with Crippen molar-refractivity contribution in [2.45, 2.75) is 13.0 Å². The number of ketones is 1. The molecule has 4 nitrogen and oxygen atoms in total. The van der Waals surface area contributed by atoms with Gasteiger partial charge in [-0.3, -0.25) is 14.5 Å². The summed E-state index contributed by atoms with van der Waals surface area (Å²) in [4.78, 5) is 27.3. The maximum Gasteiger partial charge on any atom is 0.300 e. The summed E-state index contributed by atoms with van der Waals surface area (Å²) >= 11 is 12.0. The molecule has 156 valence electrons. The zero-order valence-electron chi connectivity index (χ0n) is 16.3. The number of anilines is 1. The van der Waals surface area contributed by atoms with E-state index in [-0.39, 0.29) is 26.7 Å². The average Bonchev–Trinajstić information content (AvgIpc) is 3.00. The van der Waals surface area contributed by atoms with Crippen molar-refractivity contribution in [3.63, 3.8) is 0 Å². The molecular weight excluding hydrogens is 440 g/mol. The van der Waals surface area contributed by atoms with E-state index in [2.05, 4.69) is 0 Å². The Kier molecular flexibility index (Phi) is 5.56. The third-order valence-electron chi connectivity index (χ3n) is 5.12. The zero-order valence-corrected chi connectivity index (χ0v) is 17.8. The lowest BCUT2D eigenvalue weighted by atomic mass is 9.94. The van der Waals surface area contributed by atoms with Crippen LogP contribution < -0.4 is 4.90 Å². The summed E-state index contributed by atoms with van der Waals surface area (Å²) in [7, 11) is 0. The Morgan fingerprint density at radius 1 is 0.968 bits per heavy atom. The van der Waals surface area contributed by atoms with Crippen molar-refractivity contribution in [2.24, 2.45) is 0 Å². The molecule has 1 aliphatic rings. The lowest BCUT2D eigenvalue weighted by Crippen LogP contribution is -2.29. The molecule has 1 heterocycles. The normalized spacial score (nSPS) is 17.9. The van der Waals surface area contributed by atoms with Gasteiger partial charge in [0.15, 0.2) is 0 Å². The maximum atomic E-state index is 14.8. The van der Waals surface area contributed by atoms with Gasteiger partial charge in [0.05, 0.1) is 21.7 Å². The molecule has 0 aromatic heterocycles. The van der Waals surface area contributed by atoms with Crippen LogP contribution in [0.5, 0.6) is 0 Å². The topological polar surface area (TPSA) is 57.6 Å². The summed E-state index contributed by atoms with van der Waals surface area (Å²) in [5.41, 5.74) is 1.33. The van der Waals surface area contributed by atoms with E-state index >= 15 is 0 Å². The number of carbonyl (C=O) groups is 2. The summed E-state index contributed by atoms with van der Waals surface area (Å²) in [6.07, 6.45) is 0. The van der Waals surface area contributed by atoms with E-state index in [9.17, 15) is 19.1 Å². The number of amides is 1. The monoisotopic (exact) mass is 455 g/mol. The van der Waals surface area contributed by atoms with Crippen LogP contribution in [0.15, 0.2) is 72.3 Å². The van der Waals surface area contributed by atoms with Crippen molar-refractivity contribution < 1.29 is 19.1 Å². The number of hydrogen-bond acceptors (Lipinski definition) is 3. The number of rotatable bonds is 3. The molecule has 0 spiro atoms. The Hall–Kier alpha value is -3.15. The molecule has 1 saturated heterocycles. The van der Waals surface area contributed by atoms with Crippen molar-refractivity contribution in [1.29, 1.82) is 0 Å². The van der Waals surface area contributed by atoms with Gasteiger partial charge in [0.2, 0.25) is 0 Å². The van der Waals surface area contributed by atoms with E-state index in [4.69, 9.17) is 23.2 Å². The third kappa shape index (κ3) is 3.71. The van der Waals surface area contributed by atoms with E-state index in [0.29, 0.717) is 5.69 Å². The predicted molar refractivity (Wildman–Crippen MR) is 119 cm³/mol. The fraction of sp³-hybridized carbons (Fsp3) is 0.0833. The Balaban J connectivity index is 1.99. The molecule has 1 amide bonds. The van der Waals surface area contributed by atoms with Crippen molar-refractivity contribution in [2.75, 3.05) is 4.90 Å². The number of aliphatic hydroxyl groups excluding tert-OH is 1. The van der Waals surface area contributed by atoms with Gasteiger partial charge in [-0.15, -0.1) is 0 Å². The Morgan fingerprint density at radius 3 is 2.39 bits per heavy atom. The Labute approximate surface area is 188 Å². The van der Waals surface area contributed by atoms with Crippen LogP contribution in [0.4, 0.5) is 10.1 Å². The highest BCUT2D eigenvalue weighted by molar-refractivity contribution is 6.51. The minimum atomic E-state index is -1.16. The van der Waals surface area contributed by atoms with Crippen molar-refractivity contribution in [1.82, 2.24) is 0 Å². The molecule has 0 aliphatic carbocycles. The van der Waals surface area contributed by atoms with Gasteiger partial charge in [-0.05, 0) is 48.9 Å². The molecule has 1 N–H and O–H groups in total. The first-order chi connectivity index (χ1) is 14.8. The molecule has 1 aliphatic heterocycles. The number of hydrogen-bond donors (Lipinski definition) is 1. The summed E-state index contributed by atoms with van der Waals surface area (Å²) in [5.74, 6) is -2.84. The molecule has 3 aromatic rings. The van der Waals surface area contributed by atoms with Gasteiger partial charge in [-0.2, -0.15) is 0 Å². The average molecular weight is 456 g/mol. The molecule has 0 radical (unpaired) electrons. The number of carbonyl (C=O) groups excluding carboxylic acids is 2. The second-order valence-corrected chi connectivity index (χ2v) is 7.97. The van der Waals surface area contributed by atoms with Crippen LogP contribution in [0.3, 0.4) is 0 Å². The van der Waals surface area contributed by atoms with Crippen LogP contribution in [-0.4, -0.2) is 16.8 Å². The first kappa shape index (κ1) is 21.1. The molecule has 31 heavy (non-hydrogen) atoms. The standard InChI is InChI=1S/C24H16Cl2FNO3/c1-13-5-4-6-15(11-13)28-21(16-7-2-3-8-19(16)27)20(23(30)24(28)31)22(29)14-9-10-17(25)18(26)12-14/h2-12,21,29H,1H3/b22-20+. The quantitative estimate of drug-likeness (QED) is 0.296. The first-order valence-electron chi connectivity index (χ1n) is 9.37. The lowest BCUT2D eigenvalue weighted by molar-refractivity contribution is -0.132. The van der Waals surface area contributed by atoms with Crippen molar-refractivity contribution in [3.05, 3.63) is 105 Å². The highest BCUT2D eigenvalue weighted by Gasteiger charge is 2.47. The number of Topliss-reactive ketones (excluding diaryl/α,β-unsaturated/α-hetero) is 1. The van der Waals surface area contributed by atoms with Gasteiger partial charge >= 0.3 is 0 Å². The molecule has 7 heteroatoms. The van der Waals surface area contributed by atoms with E-state index in [1.165, 1.54) is 41.3 Å². The summed E-state index contributed by atoms with van der Waals surface area (Å²) < 4.78 is 14.8. The summed E-state index contributed by atoms with van der Waals surface area (Å²) in [6.45, 7) is 1.84. The Morgan fingerprint density at radius 2 is 1.71 bits per heavy atom. The van der Waals surface area contributed by atoms with Crippen molar-refractivity contribution in [3.8, 4) is 0 Å². The number of aryl methyl sites for hydroxylation is 1. The van der Waals surface area contributed by atoms with Gasteiger partial charge < -0.3 is 5.11 Å².